The number of benzene rings is 1. The fourth-order valence-corrected chi connectivity index (χ4v) is 3.03. The Kier molecular flexibility index (Phi) is 9.00. The van der Waals surface area contributed by atoms with Crippen molar-refractivity contribution < 1.29 is 9.47 Å². The topological polar surface area (TPSA) is 54.9 Å². The predicted molar refractivity (Wildman–Crippen MR) is 111 cm³/mol. The molecule has 6 heteroatoms. The molecule has 0 saturated carbocycles. The number of ether oxygens (including phenoxy) is 2. The van der Waals surface area contributed by atoms with E-state index in [4.69, 9.17) is 9.47 Å². The third kappa shape index (κ3) is 7.89. The Bertz CT molecular complexity index is 640. The highest BCUT2D eigenvalue weighted by atomic mass is 32.1. The van der Waals surface area contributed by atoms with Crippen LogP contribution in [0.1, 0.15) is 25.1 Å². The Morgan fingerprint density at radius 1 is 1.19 bits per heavy atom. The van der Waals surface area contributed by atoms with E-state index in [-0.39, 0.29) is 6.10 Å². The van der Waals surface area contributed by atoms with Gasteiger partial charge in [0.1, 0.15) is 5.75 Å². The lowest BCUT2D eigenvalue weighted by Crippen LogP contribution is -2.32. The molecule has 5 nitrogen and oxygen atoms in total. The van der Waals surface area contributed by atoms with Crippen LogP contribution in [0.25, 0.3) is 0 Å². The van der Waals surface area contributed by atoms with Gasteiger partial charge in [-0.3, -0.25) is 4.99 Å². The van der Waals surface area contributed by atoms with Crippen molar-refractivity contribution in [2.75, 3.05) is 32.1 Å². The number of nitrogens with one attached hydrogen (secondary N) is 2. The number of rotatable bonds is 10. The monoisotopic (exact) mass is 375 g/mol. The van der Waals surface area contributed by atoms with Crippen molar-refractivity contribution >= 4 is 23.0 Å². The molecule has 0 aliphatic rings. The molecule has 0 aliphatic carbocycles. The van der Waals surface area contributed by atoms with E-state index in [2.05, 4.69) is 33.1 Å². The van der Waals surface area contributed by atoms with Crippen LogP contribution in [0.5, 0.6) is 5.75 Å². The third-order valence-electron chi connectivity index (χ3n) is 3.51. The van der Waals surface area contributed by atoms with Crippen LogP contribution in [0.4, 0.5) is 5.69 Å². The van der Waals surface area contributed by atoms with Gasteiger partial charge in [-0.2, -0.15) is 0 Å². The molecule has 2 N–H and O–H groups in total. The maximum Gasteiger partial charge on any atom is 0.195 e. The highest BCUT2D eigenvalue weighted by Gasteiger charge is 2.03. The summed E-state index contributed by atoms with van der Waals surface area (Å²) in [6, 6.07) is 12.2. The largest absolute Gasteiger partial charge is 0.491 e. The normalized spacial score (nSPS) is 11.6. The zero-order valence-corrected chi connectivity index (χ0v) is 16.6. The summed E-state index contributed by atoms with van der Waals surface area (Å²) in [4.78, 5) is 6.00. The Morgan fingerprint density at radius 2 is 2.00 bits per heavy atom. The number of hydrogen-bond acceptors (Lipinski definition) is 4. The van der Waals surface area contributed by atoms with Crippen LogP contribution in [0.2, 0.25) is 0 Å². The second-order valence-electron chi connectivity index (χ2n) is 6.15. The van der Waals surface area contributed by atoms with Gasteiger partial charge >= 0.3 is 0 Å². The number of thiophene rings is 1. The van der Waals surface area contributed by atoms with Crippen molar-refractivity contribution in [2.45, 2.75) is 32.8 Å². The van der Waals surface area contributed by atoms with Crippen LogP contribution in [0, 0.1) is 0 Å². The highest BCUT2D eigenvalue weighted by molar-refractivity contribution is 7.09. The van der Waals surface area contributed by atoms with Crippen molar-refractivity contribution in [3.05, 3.63) is 46.7 Å². The zero-order valence-electron chi connectivity index (χ0n) is 15.8. The van der Waals surface area contributed by atoms with Gasteiger partial charge in [0.05, 0.1) is 6.10 Å². The van der Waals surface area contributed by atoms with Gasteiger partial charge in [0.25, 0.3) is 0 Å². The molecule has 142 valence electrons. The number of anilines is 1. The van der Waals surface area contributed by atoms with E-state index in [0.717, 1.165) is 43.3 Å². The first-order valence-electron chi connectivity index (χ1n) is 9.00. The molecule has 0 aliphatic heterocycles. The van der Waals surface area contributed by atoms with Gasteiger partial charge in [-0.1, -0.05) is 6.07 Å². The molecule has 2 aromatic rings. The lowest BCUT2D eigenvalue weighted by Gasteiger charge is -2.14. The maximum atomic E-state index is 5.69. The van der Waals surface area contributed by atoms with Crippen LogP contribution in [-0.4, -0.2) is 38.9 Å². The molecule has 2 rings (SSSR count). The molecule has 0 fully saturated rings. The second-order valence-corrected chi connectivity index (χ2v) is 7.18. The molecule has 0 amide bonds. The lowest BCUT2D eigenvalue weighted by atomic mass is 10.3. The van der Waals surface area contributed by atoms with Crippen molar-refractivity contribution in [1.29, 1.82) is 0 Å². The summed E-state index contributed by atoms with van der Waals surface area (Å²) in [6.07, 6.45) is 2.05. The van der Waals surface area contributed by atoms with Gasteiger partial charge in [-0.25, -0.2) is 0 Å². The van der Waals surface area contributed by atoms with Crippen LogP contribution >= 0.6 is 11.3 Å². The molecule has 0 spiro atoms. The number of guanidine groups is 1. The zero-order chi connectivity index (χ0) is 18.6. The number of methoxy groups -OCH3 is 1. The Hall–Kier alpha value is -2.05. The van der Waals surface area contributed by atoms with Gasteiger partial charge < -0.3 is 20.1 Å². The Labute approximate surface area is 160 Å². The summed E-state index contributed by atoms with van der Waals surface area (Å²) in [5.41, 5.74) is 0.982. The number of nitrogens with zero attached hydrogens (tertiary/aromatic N) is 1. The van der Waals surface area contributed by atoms with Gasteiger partial charge in [0.2, 0.25) is 0 Å². The summed E-state index contributed by atoms with van der Waals surface area (Å²) >= 11 is 1.78. The minimum Gasteiger partial charge on any atom is -0.491 e. The summed E-state index contributed by atoms with van der Waals surface area (Å²) in [5.74, 6) is 1.66. The minimum absolute atomic E-state index is 0.172. The van der Waals surface area contributed by atoms with Crippen molar-refractivity contribution in [3.63, 3.8) is 0 Å². The number of aliphatic imine (C=N–C) groups is 1. The molecule has 0 atom stereocenters. The first-order chi connectivity index (χ1) is 12.7. The predicted octanol–water partition coefficient (Wildman–Crippen LogP) is 4.17. The first kappa shape index (κ1) is 20.3. The van der Waals surface area contributed by atoms with Gasteiger partial charge in [0.15, 0.2) is 5.96 Å². The molecule has 1 aromatic carbocycles. The number of hydrogen-bond donors (Lipinski definition) is 2. The van der Waals surface area contributed by atoms with E-state index in [1.54, 1.807) is 18.4 Å². The minimum atomic E-state index is 0.172. The molecular formula is C20H29N3O2S. The SMILES string of the molecule is COCCCN=C(NCCc1cccs1)Nc1ccc(OC(C)C)cc1. The third-order valence-corrected chi connectivity index (χ3v) is 4.45. The average Bonchev–Trinajstić information content (AvgIpc) is 3.13. The maximum absolute atomic E-state index is 5.69. The fourth-order valence-electron chi connectivity index (χ4n) is 2.32. The van der Waals surface area contributed by atoms with E-state index in [1.807, 2.05) is 38.1 Å². The summed E-state index contributed by atoms with van der Waals surface area (Å²) in [5, 5.41) is 8.87. The van der Waals surface area contributed by atoms with Crippen molar-refractivity contribution in [2.24, 2.45) is 4.99 Å². The quantitative estimate of drug-likeness (QED) is 0.372. The van der Waals surface area contributed by atoms with E-state index in [0.29, 0.717) is 6.61 Å². The van der Waals surface area contributed by atoms with Crippen molar-refractivity contribution in [1.82, 2.24) is 5.32 Å². The van der Waals surface area contributed by atoms with Crippen LogP contribution in [0.3, 0.4) is 0 Å². The van der Waals surface area contributed by atoms with Crippen LogP contribution < -0.4 is 15.4 Å². The smallest absolute Gasteiger partial charge is 0.195 e. The fraction of sp³-hybridized carbons (Fsp3) is 0.450. The molecule has 0 bridgehead atoms. The van der Waals surface area contributed by atoms with Crippen LogP contribution in [0.15, 0.2) is 46.8 Å². The first-order valence-corrected chi connectivity index (χ1v) is 9.88. The second kappa shape index (κ2) is 11.5. The lowest BCUT2D eigenvalue weighted by molar-refractivity contribution is 0.197. The van der Waals surface area contributed by atoms with Gasteiger partial charge in [-0.05, 0) is 62.4 Å². The molecule has 0 unspecified atom stereocenters. The molecule has 26 heavy (non-hydrogen) atoms. The average molecular weight is 376 g/mol. The van der Waals surface area contributed by atoms with Gasteiger partial charge in [-0.15, -0.1) is 11.3 Å². The highest BCUT2D eigenvalue weighted by Crippen LogP contribution is 2.17. The Morgan fingerprint density at radius 3 is 2.65 bits per heavy atom. The van der Waals surface area contributed by atoms with E-state index >= 15 is 0 Å². The van der Waals surface area contributed by atoms with E-state index in [1.165, 1.54) is 4.88 Å². The van der Waals surface area contributed by atoms with E-state index < -0.39 is 0 Å². The molecular weight excluding hydrogens is 346 g/mol. The van der Waals surface area contributed by atoms with E-state index in [9.17, 15) is 0 Å². The molecule has 0 saturated heterocycles. The molecule has 1 heterocycles. The van der Waals surface area contributed by atoms with Crippen LogP contribution in [-0.2, 0) is 11.2 Å². The summed E-state index contributed by atoms with van der Waals surface area (Å²) < 4.78 is 10.8. The Balaban J connectivity index is 1.91. The molecule has 1 aromatic heterocycles. The standard InChI is InChI=1S/C20H29N3O2S/c1-16(2)25-18-9-7-17(8-10-18)23-20(21-12-5-14-24-3)22-13-11-19-6-4-15-26-19/h4,6-10,15-16H,5,11-14H2,1-3H3,(H2,21,22,23). The molecule has 0 radical (unpaired) electrons. The summed E-state index contributed by atoms with van der Waals surface area (Å²) in [6.45, 7) is 6.32. The summed E-state index contributed by atoms with van der Waals surface area (Å²) in [7, 11) is 1.71. The van der Waals surface area contributed by atoms with Gasteiger partial charge in [0, 0.05) is 37.4 Å². The van der Waals surface area contributed by atoms with Crippen molar-refractivity contribution in [3.8, 4) is 5.75 Å².